The SMILES string of the molecule is CCOC(CNC(C)c1ccc2c(c1)CCCC2)OCC. The van der Waals surface area contributed by atoms with Crippen LogP contribution in [0.15, 0.2) is 18.2 Å². The second-order valence-corrected chi connectivity index (χ2v) is 5.71. The Morgan fingerprint density at radius 1 is 1.05 bits per heavy atom. The molecule has 1 N–H and O–H groups in total. The zero-order valence-electron chi connectivity index (χ0n) is 13.7. The van der Waals surface area contributed by atoms with E-state index in [-0.39, 0.29) is 6.29 Å². The van der Waals surface area contributed by atoms with Gasteiger partial charge in [0.1, 0.15) is 0 Å². The molecule has 118 valence electrons. The van der Waals surface area contributed by atoms with Crippen molar-refractivity contribution in [1.29, 1.82) is 0 Å². The number of benzene rings is 1. The summed E-state index contributed by atoms with van der Waals surface area (Å²) in [5, 5.41) is 3.53. The Morgan fingerprint density at radius 3 is 2.38 bits per heavy atom. The Balaban J connectivity index is 1.91. The normalized spacial score (nSPS) is 16.0. The van der Waals surface area contributed by atoms with Gasteiger partial charge in [-0.2, -0.15) is 0 Å². The molecule has 3 heteroatoms. The first-order valence-corrected chi connectivity index (χ1v) is 8.32. The summed E-state index contributed by atoms with van der Waals surface area (Å²) >= 11 is 0. The summed E-state index contributed by atoms with van der Waals surface area (Å²) in [7, 11) is 0. The maximum absolute atomic E-state index is 5.57. The lowest BCUT2D eigenvalue weighted by molar-refractivity contribution is -0.133. The van der Waals surface area contributed by atoms with Gasteiger partial charge in [-0.05, 0) is 63.1 Å². The van der Waals surface area contributed by atoms with Crippen LogP contribution in [0, 0.1) is 0 Å². The molecule has 0 saturated carbocycles. The van der Waals surface area contributed by atoms with Crippen molar-refractivity contribution in [3.05, 3.63) is 34.9 Å². The Labute approximate surface area is 129 Å². The summed E-state index contributed by atoms with van der Waals surface area (Å²) < 4.78 is 11.1. The van der Waals surface area contributed by atoms with Crippen LogP contribution in [0.4, 0.5) is 0 Å². The predicted molar refractivity (Wildman–Crippen MR) is 86.5 cm³/mol. The third-order valence-electron chi connectivity index (χ3n) is 4.17. The number of hydrogen-bond acceptors (Lipinski definition) is 3. The Hall–Kier alpha value is -0.900. The lowest BCUT2D eigenvalue weighted by atomic mass is 9.89. The fourth-order valence-corrected chi connectivity index (χ4v) is 2.95. The Morgan fingerprint density at radius 2 is 1.71 bits per heavy atom. The number of fused-ring (bicyclic) bond motifs is 1. The number of nitrogens with one attached hydrogen (secondary N) is 1. The fourth-order valence-electron chi connectivity index (χ4n) is 2.95. The molecular formula is C18H29NO2. The molecule has 1 aliphatic carbocycles. The summed E-state index contributed by atoms with van der Waals surface area (Å²) in [4.78, 5) is 0. The predicted octanol–water partition coefficient (Wildman–Crippen LogP) is 3.62. The molecule has 0 bridgehead atoms. The largest absolute Gasteiger partial charge is 0.352 e. The van der Waals surface area contributed by atoms with E-state index in [0.717, 1.165) is 6.54 Å². The van der Waals surface area contributed by atoms with Gasteiger partial charge in [-0.25, -0.2) is 0 Å². The minimum Gasteiger partial charge on any atom is -0.352 e. The van der Waals surface area contributed by atoms with Gasteiger partial charge in [0.05, 0.1) is 0 Å². The van der Waals surface area contributed by atoms with E-state index in [1.807, 2.05) is 13.8 Å². The van der Waals surface area contributed by atoms with Crippen molar-refractivity contribution in [2.24, 2.45) is 0 Å². The first-order valence-electron chi connectivity index (χ1n) is 8.32. The first kappa shape index (κ1) is 16.5. The molecule has 3 nitrogen and oxygen atoms in total. The quantitative estimate of drug-likeness (QED) is 0.742. The lowest BCUT2D eigenvalue weighted by Crippen LogP contribution is -2.33. The Kier molecular flexibility index (Phi) is 6.68. The maximum atomic E-state index is 5.57. The van der Waals surface area contributed by atoms with E-state index in [1.54, 1.807) is 11.1 Å². The molecule has 0 heterocycles. The Bertz CT molecular complexity index is 427. The molecule has 0 amide bonds. The third-order valence-corrected chi connectivity index (χ3v) is 4.17. The van der Waals surface area contributed by atoms with Gasteiger partial charge >= 0.3 is 0 Å². The molecule has 1 aromatic rings. The smallest absolute Gasteiger partial charge is 0.169 e. The highest BCUT2D eigenvalue weighted by atomic mass is 16.7. The lowest BCUT2D eigenvalue weighted by Gasteiger charge is -2.22. The van der Waals surface area contributed by atoms with E-state index in [1.165, 1.54) is 31.2 Å². The van der Waals surface area contributed by atoms with Crippen molar-refractivity contribution in [2.75, 3.05) is 19.8 Å². The molecule has 0 aliphatic heterocycles. The third kappa shape index (κ3) is 4.80. The zero-order valence-corrected chi connectivity index (χ0v) is 13.7. The van der Waals surface area contributed by atoms with E-state index in [2.05, 4.69) is 30.4 Å². The van der Waals surface area contributed by atoms with Crippen LogP contribution in [0.5, 0.6) is 0 Å². The average molecular weight is 291 g/mol. The summed E-state index contributed by atoms with van der Waals surface area (Å²) in [5.74, 6) is 0. The molecule has 0 radical (unpaired) electrons. The highest BCUT2D eigenvalue weighted by molar-refractivity contribution is 5.35. The second kappa shape index (κ2) is 8.52. The van der Waals surface area contributed by atoms with Gasteiger partial charge in [-0.1, -0.05) is 18.2 Å². The number of aryl methyl sites for hydroxylation is 2. The highest BCUT2D eigenvalue weighted by Crippen LogP contribution is 2.24. The molecule has 0 aromatic heterocycles. The van der Waals surface area contributed by atoms with Gasteiger partial charge in [0, 0.05) is 25.8 Å². The molecule has 21 heavy (non-hydrogen) atoms. The van der Waals surface area contributed by atoms with Crippen LogP contribution >= 0.6 is 0 Å². The summed E-state index contributed by atoms with van der Waals surface area (Å²) in [6.45, 7) is 8.29. The monoisotopic (exact) mass is 291 g/mol. The fraction of sp³-hybridized carbons (Fsp3) is 0.667. The minimum absolute atomic E-state index is 0.153. The van der Waals surface area contributed by atoms with Gasteiger partial charge in [0.25, 0.3) is 0 Å². The standard InChI is InChI=1S/C18H29NO2/c1-4-20-18(21-5-2)13-19-14(3)16-11-10-15-8-6-7-9-17(15)12-16/h10-12,14,18-19H,4-9,13H2,1-3H3. The summed E-state index contributed by atoms with van der Waals surface area (Å²) in [5.41, 5.74) is 4.44. The van der Waals surface area contributed by atoms with E-state index in [9.17, 15) is 0 Å². The molecule has 1 aromatic carbocycles. The van der Waals surface area contributed by atoms with Crippen molar-refractivity contribution in [1.82, 2.24) is 5.32 Å². The number of hydrogen-bond donors (Lipinski definition) is 1. The van der Waals surface area contributed by atoms with Crippen molar-refractivity contribution < 1.29 is 9.47 Å². The van der Waals surface area contributed by atoms with Gasteiger partial charge in [-0.15, -0.1) is 0 Å². The van der Waals surface area contributed by atoms with Crippen LogP contribution in [-0.4, -0.2) is 26.0 Å². The number of rotatable bonds is 8. The molecule has 0 fully saturated rings. The molecule has 1 unspecified atom stereocenters. The van der Waals surface area contributed by atoms with Crippen molar-refractivity contribution >= 4 is 0 Å². The molecule has 2 rings (SSSR count). The summed E-state index contributed by atoms with van der Waals surface area (Å²) in [6, 6.07) is 7.27. The van der Waals surface area contributed by atoms with Gasteiger partial charge in [0.2, 0.25) is 0 Å². The molecule has 1 atom stereocenters. The molecule has 0 spiro atoms. The second-order valence-electron chi connectivity index (χ2n) is 5.71. The van der Waals surface area contributed by atoms with E-state index >= 15 is 0 Å². The van der Waals surface area contributed by atoms with Crippen LogP contribution in [-0.2, 0) is 22.3 Å². The first-order chi connectivity index (χ1) is 10.2. The summed E-state index contributed by atoms with van der Waals surface area (Å²) in [6.07, 6.45) is 4.99. The maximum Gasteiger partial charge on any atom is 0.169 e. The number of ether oxygens (including phenoxy) is 2. The van der Waals surface area contributed by atoms with Gasteiger partial charge < -0.3 is 14.8 Å². The van der Waals surface area contributed by atoms with Crippen LogP contribution in [0.3, 0.4) is 0 Å². The molecule has 0 saturated heterocycles. The van der Waals surface area contributed by atoms with Crippen LogP contribution < -0.4 is 5.32 Å². The zero-order chi connectivity index (χ0) is 15.1. The topological polar surface area (TPSA) is 30.5 Å². The van der Waals surface area contributed by atoms with Crippen molar-refractivity contribution in [2.45, 2.75) is 58.8 Å². The van der Waals surface area contributed by atoms with Crippen molar-refractivity contribution in [3.8, 4) is 0 Å². The minimum atomic E-state index is -0.153. The van der Waals surface area contributed by atoms with Crippen molar-refractivity contribution in [3.63, 3.8) is 0 Å². The van der Waals surface area contributed by atoms with Crippen LogP contribution in [0.1, 0.15) is 56.3 Å². The molecular weight excluding hydrogens is 262 g/mol. The average Bonchev–Trinajstić information content (AvgIpc) is 2.52. The van der Waals surface area contributed by atoms with Gasteiger partial charge in [-0.3, -0.25) is 0 Å². The van der Waals surface area contributed by atoms with Crippen LogP contribution in [0.25, 0.3) is 0 Å². The molecule has 1 aliphatic rings. The highest BCUT2D eigenvalue weighted by Gasteiger charge is 2.14. The van der Waals surface area contributed by atoms with Gasteiger partial charge in [0.15, 0.2) is 6.29 Å². The van der Waals surface area contributed by atoms with Crippen LogP contribution in [0.2, 0.25) is 0 Å². The van der Waals surface area contributed by atoms with E-state index in [4.69, 9.17) is 9.47 Å². The van der Waals surface area contributed by atoms with E-state index < -0.39 is 0 Å². The van der Waals surface area contributed by atoms with E-state index in [0.29, 0.717) is 19.3 Å².